The van der Waals surface area contributed by atoms with Crippen molar-refractivity contribution in [1.29, 1.82) is 0 Å². The molecule has 1 aliphatic rings. The molecular weight excluding hydrogens is 312 g/mol. The van der Waals surface area contributed by atoms with Gasteiger partial charge < -0.3 is 10.6 Å². The van der Waals surface area contributed by atoms with Gasteiger partial charge in [-0.25, -0.2) is 9.69 Å². The zero-order chi connectivity index (χ0) is 17.7. The van der Waals surface area contributed by atoms with Gasteiger partial charge in [-0.15, -0.1) is 0 Å². The van der Waals surface area contributed by atoms with Gasteiger partial charge in [-0.3, -0.25) is 19.3 Å². The number of urea groups is 1. The number of nitrogens with zero attached hydrogens (tertiary/aromatic N) is 3. The topological polar surface area (TPSA) is 104 Å². The molecule has 1 saturated heterocycles. The normalized spacial score (nSPS) is 14.5. The van der Waals surface area contributed by atoms with Crippen molar-refractivity contribution in [3.8, 4) is 0 Å². The molecule has 0 unspecified atom stereocenters. The number of amides is 5. The van der Waals surface area contributed by atoms with E-state index in [-0.39, 0.29) is 6.54 Å². The summed E-state index contributed by atoms with van der Waals surface area (Å²) in [5, 5.41) is 0. The molecule has 2 N–H and O–H groups in total. The molecule has 0 spiro atoms. The van der Waals surface area contributed by atoms with Crippen LogP contribution in [0.3, 0.4) is 0 Å². The molecule has 0 saturated carbocycles. The standard InChI is InChI=1S/C16H20N4O4/c1-18-14(22)15(23)20(16(18)24)11-13(21)19(10-8-17)9-7-12-5-3-2-4-6-12/h2-6H,7-11,17H2,1H3. The number of likely N-dealkylation sites (N-methyl/N-ethyl adjacent to an activating group) is 1. The van der Waals surface area contributed by atoms with E-state index in [1.807, 2.05) is 30.3 Å². The van der Waals surface area contributed by atoms with Crippen LogP contribution >= 0.6 is 0 Å². The van der Waals surface area contributed by atoms with Gasteiger partial charge in [0, 0.05) is 26.7 Å². The van der Waals surface area contributed by atoms with E-state index in [4.69, 9.17) is 5.73 Å². The van der Waals surface area contributed by atoms with Gasteiger partial charge in [0.1, 0.15) is 6.54 Å². The van der Waals surface area contributed by atoms with Crippen LogP contribution in [0.1, 0.15) is 5.56 Å². The maximum Gasteiger partial charge on any atom is 0.334 e. The van der Waals surface area contributed by atoms with E-state index in [0.29, 0.717) is 29.3 Å². The zero-order valence-corrected chi connectivity index (χ0v) is 13.5. The van der Waals surface area contributed by atoms with Crippen LogP contribution in [-0.2, 0) is 20.8 Å². The number of benzene rings is 1. The highest BCUT2D eigenvalue weighted by Crippen LogP contribution is 2.10. The molecule has 1 aromatic carbocycles. The number of nitrogens with two attached hydrogens (primary N) is 1. The van der Waals surface area contributed by atoms with E-state index >= 15 is 0 Å². The highest BCUT2D eigenvalue weighted by Gasteiger charge is 2.43. The molecule has 2 rings (SSSR count). The molecule has 1 aliphatic heterocycles. The number of imide groups is 2. The Morgan fingerprint density at radius 3 is 2.29 bits per heavy atom. The Balaban J connectivity index is 2.00. The van der Waals surface area contributed by atoms with E-state index in [0.717, 1.165) is 5.56 Å². The highest BCUT2D eigenvalue weighted by molar-refractivity contribution is 6.44. The summed E-state index contributed by atoms with van der Waals surface area (Å²) in [5.74, 6) is -2.32. The second kappa shape index (κ2) is 7.69. The van der Waals surface area contributed by atoms with E-state index in [1.165, 1.54) is 11.9 Å². The molecule has 0 aliphatic carbocycles. The smallest absolute Gasteiger partial charge is 0.334 e. The first-order chi connectivity index (χ1) is 11.5. The Hall–Kier alpha value is -2.74. The fourth-order valence-corrected chi connectivity index (χ4v) is 2.41. The van der Waals surface area contributed by atoms with Crippen molar-refractivity contribution in [3.63, 3.8) is 0 Å². The Bertz CT molecular complexity index is 647. The summed E-state index contributed by atoms with van der Waals surface area (Å²) in [5.41, 5.74) is 6.60. The van der Waals surface area contributed by atoms with Crippen molar-refractivity contribution in [2.75, 3.05) is 33.2 Å². The van der Waals surface area contributed by atoms with E-state index in [9.17, 15) is 19.2 Å². The van der Waals surface area contributed by atoms with E-state index in [2.05, 4.69) is 0 Å². The molecule has 0 atom stereocenters. The Morgan fingerprint density at radius 2 is 1.75 bits per heavy atom. The molecular formula is C16H20N4O4. The SMILES string of the molecule is CN1C(=O)C(=O)N(CC(=O)N(CCN)CCc2ccccc2)C1=O. The van der Waals surface area contributed by atoms with E-state index < -0.39 is 30.3 Å². The van der Waals surface area contributed by atoms with Crippen LogP contribution in [0.25, 0.3) is 0 Å². The lowest BCUT2D eigenvalue weighted by molar-refractivity contribution is -0.144. The number of carbonyl (C=O) groups is 4. The molecule has 1 fully saturated rings. The second-order valence-electron chi connectivity index (χ2n) is 5.44. The van der Waals surface area contributed by atoms with Crippen molar-refractivity contribution >= 4 is 23.8 Å². The summed E-state index contributed by atoms with van der Waals surface area (Å²) >= 11 is 0. The molecule has 128 valence electrons. The molecule has 8 nitrogen and oxygen atoms in total. The van der Waals surface area contributed by atoms with Crippen molar-refractivity contribution in [3.05, 3.63) is 35.9 Å². The first kappa shape index (κ1) is 17.6. The van der Waals surface area contributed by atoms with E-state index in [1.54, 1.807) is 0 Å². The Morgan fingerprint density at radius 1 is 1.08 bits per heavy atom. The van der Waals surface area contributed by atoms with Crippen molar-refractivity contribution < 1.29 is 19.2 Å². The largest absolute Gasteiger partial charge is 0.340 e. The van der Waals surface area contributed by atoms with Gasteiger partial charge >= 0.3 is 17.8 Å². The maximum absolute atomic E-state index is 12.4. The van der Waals surface area contributed by atoms with Gasteiger partial charge in [-0.1, -0.05) is 30.3 Å². The third-order valence-corrected chi connectivity index (χ3v) is 3.81. The third-order valence-electron chi connectivity index (χ3n) is 3.81. The lowest BCUT2D eigenvalue weighted by Gasteiger charge is -2.24. The van der Waals surface area contributed by atoms with Crippen molar-refractivity contribution in [2.24, 2.45) is 5.73 Å². The highest BCUT2D eigenvalue weighted by atomic mass is 16.2. The third kappa shape index (κ3) is 3.77. The lowest BCUT2D eigenvalue weighted by atomic mass is 10.1. The van der Waals surface area contributed by atoms with Crippen LogP contribution in [0.2, 0.25) is 0 Å². The fraction of sp³-hybridized carbons (Fsp3) is 0.375. The minimum Gasteiger partial charge on any atom is -0.340 e. The van der Waals surface area contributed by atoms with Crippen LogP contribution in [0.5, 0.6) is 0 Å². The summed E-state index contributed by atoms with van der Waals surface area (Å²) < 4.78 is 0. The summed E-state index contributed by atoms with van der Waals surface area (Å²) in [4.78, 5) is 50.3. The molecule has 5 amide bonds. The number of carbonyl (C=O) groups excluding carboxylic acids is 4. The average molecular weight is 332 g/mol. The minimum absolute atomic E-state index is 0.265. The van der Waals surface area contributed by atoms with Gasteiger partial charge in [-0.05, 0) is 12.0 Å². The van der Waals surface area contributed by atoms with Crippen molar-refractivity contribution in [2.45, 2.75) is 6.42 Å². The number of hydrogen-bond acceptors (Lipinski definition) is 5. The van der Waals surface area contributed by atoms with Crippen LogP contribution in [0.4, 0.5) is 4.79 Å². The monoisotopic (exact) mass is 332 g/mol. The van der Waals surface area contributed by atoms with Crippen LogP contribution < -0.4 is 5.73 Å². The first-order valence-electron chi connectivity index (χ1n) is 7.61. The Kier molecular flexibility index (Phi) is 5.64. The average Bonchev–Trinajstić information content (AvgIpc) is 2.77. The lowest BCUT2D eigenvalue weighted by Crippen LogP contribution is -2.45. The molecule has 1 heterocycles. The van der Waals surface area contributed by atoms with Crippen LogP contribution in [0, 0.1) is 0 Å². The maximum atomic E-state index is 12.4. The predicted molar refractivity (Wildman–Crippen MR) is 85.7 cm³/mol. The second-order valence-corrected chi connectivity index (χ2v) is 5.44. The van der Waals surface area contributed by atoms with Gasteiger partial charge in [0.15, 0.2) is 0 Å². The molecule has 0 aromatic heterocycles. The number of hydrogen-bond donors (Lipinski definition) is 1. The van der Waals surface area contributed by atoms with Crippen LogP contribution in [0.15, 0.2) is 30.3 Å². The molecule has 8 heteroatoms. The van der Waals surface area contributed by atoms with Crippen LogP contribution in [-0.4, -0.2) is 71.7 Å². The predicted octanol–water partition coefficient (Wildman–Crippen LogP) is -0.563. The van der Waals surface area contributed by atoms with Crippen molar-refractivity contribution in [1.82, 2.24) is 14.7 Å². The van der Waals surface area contributed by atoms with Gasteiger partial charge in [-0.2, -0.15) is 0 Å². The fourth-order valence-electron chi connectivity index (χ4n) is 2.41. The molecule has 1 aromatic rings. The van der Waals surface area contributed by atoms with Gasteiger partial charge in [0.2, 0.25) is 5.91 Å². The summed E-state index contributed by atoms with van der Waals surface area (Å²) in [6.07, 6.45) is 0.632. The summed E-state index contributed by atoms with van der Waals surface area (Å²) in [6.45, 7) is 0.537. The molecule has 0 bridgehead atoms. The molecule has 0 radical (unpaired) electrons. The first-order valence-corrected chi connectivity index (χ1v) is 7.61. The summed E-state index contributed by atoms with van der Waals surface area (Å²) in [7, 11) is 1.21. The Labute approximate surface area is 139 Å². The van der Waals surface area contributed by atoms with Gasteiger partial charge in [0.05, 0.1) is 0 Å². The zero-order valence-electron chi connectivity index (χ0n) is 13.5. The van der Waals surface area contributed by atoms with Gasteiger partial charge in [0.25, 0.3) is 0 Å². The minimum atomic E-state index is -0.980. The number of rotatable bonds is 7. The quantitative estimate of drug-likeness (QED) is 0.532. The summed E-state index contributed by atoms with van der Waals surface area (Å²) in [6, 6.07) is 8.85. The molecule has 24 heavy (non-hydrogen) atoms.